The van der Waals surface area contributed by atoms with Crippen molar-refractivity contribution in [3.05, 3.63) is 57.8 Å². The molecular formula is C12H10ClN3OS. The molecule has 2 aromatic rings. The smallest absolute Gasteiger partial charge is 0.272 e. The average Bonchev–Trinajstić information content (AvgIpc) is 2.37. The number of pyridine rings is 1. The molecule has 0 bridgehead atoms. The predicted molar refractivity (Wildman–Crippen MR) is 74.2 cm³/mol. The summed E-state index contributed by atoms with van der Waals surface area (Å²) in [6.07, 6.45) is 1.67. The Balaban J connectivity index is 2.05. The van der Waals surface area contributed by atoms with Crippen LogP contribution in [0.3, 0.4) is 0 Å². The predicted octanol–water partition coefficient (Wildman–Crippen LogP) is 3.15. The molecule has 2 rings (SSSR count). The zero-order chi connectivity index (χ0) is 13.0. The number of hydrogen-bond acceptors (Lipinski definition) is 3. The van der Waals surface area contributed by atoms with Crippen LogP contribution in [0.4, 0.5) is 5.69 Å². The van der Waals surface area contributed by atoms with Crippen molar-refractivity contribution in [2.75, 3.05) is 5.43 Å². The molecule has 0 aliphatic heterocycles. The van der Waals surface area contributed by atoms with Crippen molar-refractivity contribution in [1.29, 1.82) is 0 Å². The fourth-order valence-corrected chi connectivity index (χ4v) is 1.78. The van der Waals surface area contributed by atoms with Gasteiger partial charge in [0.05, 0.1) is 11.3 Å². The van der Waals surface area contributed by atoms with Crippen LogP contribution < -0.4 is 10.9 Å². The van der Waals surface area contributed by atoms with E-state index < -0.39 is 0 Å². The Bertz CT molecular complexity index is 626. The van der Waals surface area contributed by atoms with Gasteiger partial charge in [-0.1, -0.05) is 29.9 Å². The summed E-state index contributed by atoms with van der Waals surface area (Å²) in [6.45, 7) is 0. The first-order chi connectivity index (χ1) is 8.66. The number of carbonyl (C=O) groups is 1. The van der Waals surface area contributed by atoms with E-state index in [9.17, 15) is 4.79 Å². The molecule has 0 unspecified atom stereocenters. The number of benzene rings is 1. The number of rotatable bonds is 3. The van der Waals surface area contributed by atoms with Crippen molar-refractivity contribution in [2.24, 2.45) is 0 Å². The maximum atomic E-state index is 11.8. The molecule has 1 aromatic carbocycles. The van der Waals surface area contributed by atoms with Crippen LogP contribution in [0.5, 0.6) is 0 Å². The van der Waals surface area contributed by atoms with Crippen LogP contribution in [0.1, 0.15) is 10.4 Å². The van der Waals surface area contributed by atoms with E-state index >= 15 is 0 Å². The molecule has 6 heteroatoms. The minimum atomic E-state index is -0.308. The molecule has 0 saturated heterocycles. The normalized spacial score (nSPS) is 9.83. The quantitative estimate of drug-likeness (QED) is 0.597. The van der Waals surface area contributed by atoms with Crippen molar-refractivity contribution in [1.82, 2.24) is 10.4 Å². The maximum Gasteiger partial charge on any atom is 0.272 e. The summed E-state index contributed by atoms with van der Waals surface area (Å²) < 4.78 is 0.392. The summed E-state index contributed by atoms with van der Waals surface area (Å²) in [4.78, 5) is 14.6. The molecular weight excluding hydrogens is 270 g/mol. The number of halogens is 1. The van der Waals surface area contributed by atoms with Gasteiger partial charge < -0.3 is 4.98 Å². The van der Waals surface area contributed by atoms with Crippen LogP contribution in [-0.4, -0.2) is 10.9 Å². The minimum Gasteiger partial charge on any atom is -0.352 e. The number of nitrogens with one attached hydrogen (secondary N) is 3. The second-order valence-electron chi connectivity index (χ2n) is 3.50. The van der Waals surface area contributed by atoms with Gasteiger partial charge in [-0.05, 0) is 30.3 Å². The summed E-state index contributed by atoms with van der Waals surface area (Å²) in [5.41, 5.74) is 6.42. The van der Waals surface area contributed by atoms with Crippen LogP contribution in [0, 0.1) is 4.64 Å². The molecule has 0 spiro atoms. The van der Waals surface area contributed by atoms with E-state index in [1.165, 1.54) is 0 Å². The fraction of sp³-hybridized carbons (Fsp3) is 0. The van der Waals surface area contributed by atoms with Crippen molar-refractivity contribution < 1.29 is 4.79 Å². The van der Waals surface area contributed by atoms with Gasteiger partial charge in [0, 0.05) is 11.2 Å². The number of aromatic nitrogens is 1. The van der Waals surface area contributed by atoms with E-state index in [0.29, 0.717) is 20.9 Å². The monoisotopic (exact) mass is 279 g/mol. The first-order valence-corrected chi connectivity index (χ1v) is 5.95. The van der Waals surface area contributed by atoms with Gasteiger partial charge in [-0.25, -0.2) is 0 Å². The molecule has 18 heavy (non-hydrogen) atoms. The van der Waals surface area contributed by atoms with Gasteiger partial charge in [-0.15, -0.1) is 0 Å². The lowest BCUT2D eigenvalue weighted by Crippen LogP contribution is -2.29. The zero-order valence-corrected chi connectivity index (χ0v) is 10.8. The number of H-pyrrole nitrogens is 1. The Labute approximate surface area is 114 Å². The molecule has 0 aliphatic rings. The van der Waals surface area contributed by atoms with E-state index in [-0.39, 0.29) is 5.91 Å². The van der Waals surface area contributed by atoms with Gasteiger partial charge >= 0.3 is 0 Å². The third-order valence-corrected chi connectivity index (χ3v) is 2.78. The molecule has 1 aromatic heterocycles. The van der Waals surface area contributed by atoms with Crippen LogP contribution in [0.25, 0.3) is 0 Å². The Morgan fingerprint density at radius 3 is 2.83 bits per heavy atom. The second kappa shape index (κ2) is 5.66. The topological polar surface area (TPSA) is 56.9 Å². The van der Waals surface area contributed by atoms with Gasteiger partial charge in [-0.2, -0.15) is 0 Å². The number of aromatic amines is 1. The average molecular weight is 280 g/mol. The molecule has 4 nitrogen and oxygen atoms in total. The van der Waals surface area contributed by atoms with Gasteiger partial charge in [-0.3, -0.25) is 15.6 Å². The Hall–Kier alpha value is -1.85. The summed E-state index contributed by atoms with van der Waals surface area (Å²) in [5, 5.41) is 0.589. The summed E-state index contributed by atoms with van der Waals surface area (Å²) in [7, 11) is 0. The van der Waals surface area contributed by atoms with E-state index in [1.54, 1.807) is 42.6 Å². The number of amides is 1. The molecule has 0 atom stereocenters. The molecule has 0 radical (unpaired) electrons. The summed E-state index contributed by atoms with van der Waals surface area (Å²) in [6, 6.07) is 10.4. The Morgan fingerprint density at radius 2 is 2.11 bits per heavy atom. The second-order valence-corrected chi connectivity index (χ2v) is 4.35. The van der Waals surface area contributed by atoms with E-state index in [1.807, 2.05) is 0 Å². The number of anilines is 1. The van der Waals surface area contributed by atoms with Gasteiger partial charge in [0.25, 0.3) is 5.91 Å². The highest BCUT2D eigenvalue weighted by molar-refractivity contribution is 7.71. The molecule has 1 amide bonds. The molecule has 0 aliphatic carbocycles. The Kier molecular flexibility index (Phi) is 3.96. The van der Waals surface area contributed by atoms with E-state index in [2.05, 4.69) is 15.8 Å². The SMILES string of the molecule is O=C(NNc1cccc(Cl)c1)c1ccc[nH]c1=S. The lowest BCUT2D eigenvalue weighted by Gasteiger charge is -2.08. The number of carbonyl (C=O) groups excluding carboxylic acids is 1. The number of hydrazine groups is 1. The van der Waals surface area contributed by atoms with Gasteiger partial charge in [0.15, 0.2) is 0 Å². The molecule has 92 valence electrons. The Morgan fingerprint density at radius 1 is 1.28 bits per heavy atom. The fourth-order valence-electron chi connectivity index (χ4n) is 1.36. The summed E-state index contributed by atoms with van der Waals surface area (Å²) in [5.74, 6) is -0.308. The van der Waals surface area contributed by atoms with Crippen molar-refractivity contribution in [3.8, 4) is 0 Å². The highest BCUT2D eigenvalue weighted by Gasteiger charge is 2.06. The van der Waals surface area contributed by atoms with E-state index in [4.69, 9.17) is 23.8 Å². The highest BCUT2D eigenvalue weighted by atomic mass is 35.5. The summed E-state index contributed by atoms with van der Waals surface area (Å²) >= 11 is 10.8. The molecule has 3 N–H and O–H groups in total. The first kappa shape index (κ1) is 12.6. The first-order valence-electron chi connectivity index (χ1n) is 5.16. The highest BCUT2D eigenvalue weighted by Crippen LogP contribution is 2.13. The molecule has 0 saturated carbocycles. The van der Waals surface area contributed by atoms with E-state index in [0.717, 1.165) is 0 Å². The third-order valence-electron chi connectivity index (χ3n) is 2.21. The molecule has 1 heterocycles. The van der Waals surface area contributed by atoms with Crippen LogP contribution >= 0.6 is 23.8 Å². The lowest BCUT2D eigenvalue weighted by molar-refractivity contribution is 0.0962. The molecule has 0 fully saturated rings. The standard InChI is InChI=1S/C12H10ClN3OS/c13-8-3-1-4-9(7-8)15-16-11(17)10-5-2-6-14-12(10)18/h1-7,15H,(H,14,18)(H,16,17). The van der Waals surface area contributed by atoms with Crippen molar-refractivity contribution >= 4 is 35.4 Å². The largest absolute Gasteiger partial charge is 0.352 e. The minimum absolute atomic E-state index is 0.308. The van der Waals surface area contributed by atoms with Crippen molar-refractivity contribution in [2.45, 2.75) is 0 Å². The van der Waals surface area contributed by atoms with Crippen LogP contribution in [-0.2, 0) is 0 Å². The zero-order valence-electron chi connectivity index (χ0n) is 9.24. The van der Waals surface area contributed by atoms with Gasteiger partial charge in [0.1, 0.15) is 4.64 Å². The number of hydrogen-bond donors (Lipinski definition) is 3. The lowest BCUT2D eigenvalue weighted by atomic mass is 10.3. The van der Waals surface area contributed by atoms with Crippen LogP contribution in [0.2, 0.25) is 5.02 Å². The third kappa shape index (κ3) is 3.09. The van der Waals surface area contributed by atoms with Crippen molar-refractivity contribution in [3.63, 3.8) is 0 Å². The van der Waals surface area contributed by atoms with Crippen LogP contribution in [0.15, 0.2) is 42.6 Å². The maximum absolute atomic E-state index is 11.8. The van der Waals surface area contributed by atoms with Gasteiger partial charge in [0.2, 0.25) is 0 Å².